The highest BCUT2D eigenvalue weighted by molar-refractivity contribution is 5.66. The monoisotopic (exact) mass is 278 g/mol. The van der Waals surface area contributed by atoms with Crippen molar-refractivity contribution >= 4 is 5.97 Å². The van der Waals surface area contributed by atoms with Crippen molar-refractivity contribution in [2.45, 2.75) is 59.2 Å². The largest absolute Gasteiger partial charge is 0.455 e. The van der Waals surface area contributed by atoms with Crippen LogP contribution in [0.4, 0.5) is 0 Å². The molecule has 0 spiro atoms. The quantitative estimate of drug-likeness (QED) is 0.592. The van der Waals surface area contributed by atoms with Gasteiger partial charge in [0, 0.05) is 6.92 Å². The van der Waals surface area contributed by atoms with Crippen LogP contribution in [0.5, 0.6) is 0 Å². The summed E-state index contributed by atoms with van der Waals surface area (Å²) in [5, 5.41) is 10.8. The maximum atomic E-state index is 11.3. The zero-order valence-electron chi connectivity index (χ0n) is 13.0. The van der Waals surface area contributed by atoms with Crippen LogP contribution in [0.3, 0.4) is 0 Å². The molecule has 3 heteroatoms. The molecular weight excluding hydrogens is 252 g/mol. The van der Waals surface area contributed by atoms with Crippen molar-refractivity contribution in [1.82, 2.24) is 0 Å². The Kier molecular flexibility index (Phi) is 2.89. The van der Waals surface area contributed by atoms with Gasteiger partial charge in [0.15, 0.2) is 0 Å². The molecule has 0 aromatic heterocycles. The Morgan fingerprint density at radius 1 is 1.30 bits per heavy atom. The molecule has 4 bridgehead atoms. The van der Waals surface area contributed by atoms with Gasteiger partial charge in [-0.2, -0.15) is 0 Å². The molecule has 3 saturated carbocycles. The number of aliphatic hydroxyl groups is 1. The van der Waals surface area contributed by atoms with Gasteiger partial charge >= 0.3 is 5.97 Å². The van der Waals surface area contributed by atoms with Crippen LogP contribution in [0.2, 0.25) is 0 Å². The molecule has 0 aliphatic heterocycles. The van der Waals surface area contributed by atoms with E-state index in [4.69, 9.17) is 4.74 Å². The number of rotatable bonds is 1. The normalized spacial score (nSPS) is 49.0. The zero-order valence-corrected chi connectivity index (χ0v) is 13.0. The second-order valence-electron chi connectivity index (χ2n) is 7.97. The van der Waals surface area contributed by atoms with E-state index in [-0.39, 0.29) is 22.7 Å². The van der Waals surface area contributed by atoms with E-state index < -0.39 is 12.2 Å². The van der Waals surface area contributed by atoms with E-state index in [2.05, 4.69) is 27.4 Å². The lowest BCUT2D eigenvalue weighted by Crippen LogP contribution is -2.70. The van der Waals surface area contributed by atoms with E-state index in [1.807, 2.05) is 0 Å². The average molecular weight is 278 g/mol. The Bertz CT molecular complexity index is 467. The Balaban J connectivity index is 1.98. The molecule has 20 heavy (non-hydrogen) atoms. The Morgan fingerprint density at radius 2 is 1.95 bits per heavy atom. The predicted octanol–water partition coefficient (Wildman–Crippen LogP) is 2.93. The molecule has 3 rings (SSSR count). The highest BCUT2D eigenvalue weighted by Gasteiger charge is 2.71. The number of aliphatic hydroxyl groups excluding tert-OH is 1. The third kappa shape index (κ3) is 1.59. The Labute approximate surface area is 121 Å². The van der Waals surface area contributed by atoms with Crippen LogP contribution in [-0.2, 0) is 9.53 Å². The van der Waals surface area contributed by atoms with Gasteiger partial charge in [0.25, 0.3) is 0 Å². The molecule has 112 valence electrons. The van der Waals surface area contributed by atoms with Crippen LogP contribution >= 0.6 is 0 Å². The lowest BCUT2D eigenvalue weighted by atomic mass is 9.36. The van der Waals surface area contributed by atoms with Crippen LogP contribution in [0, 0.1) is 28.6 Å². The van der Waals surface area contributed by atoms with Crippen molar-refractivity contribution in [3.05, 3.63) is 12.2 Å². The number of carbonyl (C=O) groups excluding carboxylic acids is 1. The Hall–Kier alpha value is -0.830. The highest BCUT2D eigenvalue weighted by Crippen LogP contribution is 2.73. The van der Waals surface area contributed by atoms with Crippen LogP contribution in [0.1, 0.15) is 47.0 Å². The number of hydrogen-bond acceptors (Lipinski definition) is 3. The zero-order chi connectivity index (χ0) is 14.9. The maximum Gasteiger partial charge on any atom is 0.303 e. The maximum absolute atomic E-state index is 11.3. The third-order valence-corrected chi connectivity index (χ3v) is 6.39. The van der Waals surface area contributed by atoms with Gasteiger partial charge in [0.2, 0.25) is 0 Å². The summed E-state index contributed by atoms with van der Waals surface area (Å²) < 4.78 is 5.35. The third-order valence-electron chi connectivity index (χ3n) is 6.39. The number of ether oxygens (including phenoxy) is 1. The van der Waals surface area contributed by atoms with Crippen molar-refractivity contribution in [1.29, 1.82) is 0 Å². The summed E-state index contributed by atoms with van der Waals surface area (Å²) in [6.45, 7) is 12.5. The van der Waals surface area contributed by atoms with Crippen LogP contribution in [0.25, 0.3) is 0 Å². The summed E-state index contributed by atoms with van der Waals surface area (Å²) in [7, 11) is 0. The van der Waals surface area contributed by atoms with E-state index in [1.165, 1.54) is 19.8 Å². The minimum Gasteiger partial charge on any atom is -0.455 e. The predicted molar refractivity (Wildman–Crippen MR) is 76.9 cm³/mol. The van der Waals surface area contributed by atoms with Gasteiger partial charge in [0.1, 0.15) is 6.10 Å². The van der Waals surface area contributed by atoms with Gasteiger partial charge in [-0.3, -0.25) is 4.79 Å². The van der Waals surface area contributed by atoms with E-state index in [0.29, 0.717) is 11.8 Å². The minimum absolute atomic E-state index is 0.144. The minimum atomic E-state index is -0.594. The molecule has 6 atom stereocenters. The van der Waals surface area contributed by atoms with Crippen molar-refractivity contribution < 1.29 is 14.6 Å². The summed E-state index contributed by atoms with van der Waals surface area (Å²) in [6, 6.07) is 0. The summed E-state index contributed by atoms with van der Waals surface area (Å²) >= 11 is 0. The fraction of sp³-hybridized carbons (Fsp3) is 0.824. The first kappa shape index (κ1) is 14.1. The average Bonchev–Trinajstić information content (AvgIpc) is 2.47. The first-order valence-electron chi connectivity index (χ1n) is 7.74. The van der Waals surface area contributed by atoms with Crippen molar-refractivity contribution in [3.63, 3.8) is 0 Å². The molecule has 3 aliphatic carbocycles. The van der Waals surface area contributed by atoms with Gasteiger partial charge in [-0.15, -0.1) is 0 Å². The Morgan fingerprint density at radius 3 is 2.50 bits per heavy atom. The molecule has 0 aromatic carbocycles. The number of hydrogen-bond donors (Lipinski definition) is 1. The molecule has 1 N–H and O–H groups in total. The van der Waals surface area contributed by atoms with E-state index in [1.54, 1.807) is 0 Å². The molecule has 3 unspecified atom stereocenters. The fourth-order valence-corrected chi connectivity index (χ4v) is 5.63. The molecular formula is C17H26O3. The standard InChI is InChI=1S/C17H26O3/c1-9-11-12-13(14(19)15(9)20-10(2)18)17(11,5)8-6-7-16(12,3)4/h11-15,19H,1,6-8H2,2-5H3/t11?,12?,13?,14-,15-,17+/m1/s1. The molecule has 0 heterocycles. The van der Waals surface area contributed by atoms with Crippen molar-refractivity contribution in [2.75, 3.05) is 0 Å². The summed E-state index contributed by atoms with van der Waals surface area (Å²) in [5.74, 6) is 0.769. The molecule has 0 aromatic rings. The SMILES string of the molecule is C=C1C2C3C([C@@H](O)[C@@H]1OC(C)=O)[C@@]2(C)CCCC3(C)C. The van der Waals surface area contributed by atoms with E-state index >= 15 is 0 Å². The van der Waals surface area contributed by atoms with Crippen LogP contribution in [-0.4, -0.2) is 23.3 Å². The molecule has 0 saturated heterocycles. The molecule has 0 amide bonds. The summed E-state index contributed by atoms with van der Waals surface area (Å²) in [6.07, 6.45) is 2.47. The van der Waals surface area contributed by atoms with E-state index in [9.17, 15) is 9.90 Å². The second kappa shape index (κ2) is 4.09. The molecule has 3 aliphatic rings. The van der Waals surface area contributed by atoms with Gasteiger partial charge in [-0.05, 0) is 47.0 Å². The van der Waals surface area contributed by atoms with Gasteiger partial charge in [-0.1, -0.05) is 33.8 Å². The lowest BCUT2D eigenvalue weighted by molar-refractivity contribution is -0.237. The van der Waals surface area contributed by atoms with Gasteiger partial charge < -0.3 is 9.84 Å². The topological polar surface area (TPSA) is 46.5 Å². The lowest BCUT2D eigenvalue weighted by Gasteiger charge is -2.69. The number of carbonyl (C=O) groups is 1. The second-order valence-corrected chi connectivity index (χ2v) is 7.97. The van der Waals surface area contributed by atoms with Crippen molar-refractivity contribution in [3.8, 4) is 0 Å². The summed E-state index contributed by atoms with van der Waals surface area (Å²) in [4.78, 5) is 11.3. The smallest absolute Gasteiger partial charge is 0.303 e. The fourth-order valence-electron chi connectivity index (χ4n) is 5.63. The van der Waals surface area contributed by atoms with Crippen LogP contribution in [0.15, 0.2) is 12.2 Å². The highest BCUT2D eigenvalue weighted by atomic mass is 16.6. The first-order valence-corrected chi connectivity index (χ1v) is 7.74. The molecule has 3 fully saturated rings. The van der Waals surface area contributed by atoms with E-state index in [0.717, 1.165) is 12.0 Å². The van der Waals surface area contributed by atoms with Crippen LogP contribution < -0.4 is 0 Å². The van der Waals surface area contributed by atoms with Crippen molar-refractivity contribution in [2.24, 2.45) is 28.6 Å². The summed E-state index contributed by atoms with van der Waals surface area (Å²) in [5.41, 5.74) is 1.32. The molecule has 3 nitrogen and oxygen atoms in total. The first-order chi connectivity index (χ1) is 9.20. The van der Waals surface area contributed by atoms with Gasteiger partial charge in [0.05, 0.1) is 6.10 Å². The number of esters is 1. The van der Waals surface area contributed by atoms with Gasteiger partial charge in [-0.25, -0.2) is 0 Å². The molecule has 0 radical (unpaired) electrons. The number of fused-ring (bicyclic) bond motifs is 1.